The third kappa shape index (κ3) is 2.34. The van der Waals surface area contributed by atoms with Crippen molar-refractivity contribution < 1.29 is 4.39 Å². The van der Waals surface area contributed by atoms with E-state index >= 15 is 0 Å². The summed E-state index contributed by atoms with van der Waals surface area (Å²) in [6.45, 7) is 0. The molecule has 14 heavy (non-hydrogen) atoms. The molecule has 1 atom stereocenters. The van der Waals surface area contributed by atoms with Gasteiger partial charge in [0.1, 0.15) is 5.82 Å². The molecule has 1 saturated carbocycles. The van der Waals surface area contributed by atoms with Gasteiger partial charge in [-0.05, 0) is 42.9 Å². The highest BCUT2D eigenvalue weighted by Gasteiger charge is 2.28. The maximum Gasteiger partial charge on any atom is 0.127 e. The molecule has 1 aliphatic carbocycles. The maximum absolute atomic E-state index is 13.4. The van der Waals surface area contributed by atoms with Crippen LogP contribution < -0.4 is 5.73 Å². The Labute approximate surface area is 91.6 Å². The smallest absolute Gasteiger partial charge is 0.127 e. The zero-order valence-electron chi connectivity index (χ0n) is 7.84. The van der Waals surface area contributed by atoms with Gasteiger partial charge in [-0.3, -0.25) is 0 Å². The van der Waals surface area contributed by atoms with Crippen molar-refractivity contribution in [2.75, 3.05) is 0 Å². The minimum absolute atomic E-state index is 0.130. The first-order chi connectivity index (χ1) is 6.66. The van der Waals surface area contributed by atoms with Crippen LogP contribution in [0, 0.1) is 11.7 Å². The van der Waals surface area contributed by atoms with E-state index in [2.05, 4.69) is 15.9 Å². The highest BCUT2D eigenvalue weighted by atomic mass is 79.9. The zero-order chi connectivity index (χ0) is 10.1. The van der Waals surface area contributed by atoms with Crippen LogP contribution >= 0.6 is 15.9 Å². The summed E-state index contributed by atoms with van der Waals surface area (Å²) < 4.78 is 14.2. The van der Waals surface area contributed by atoms with Gasteiger partial charge in [-0.15, -0.1) is 0 Å². The fourth-order valence-electron chi connectivity index (χ4n) is 1.63. The molecule has 2 rings (SSSR count). The van der Waals surface area contributed by atoms with Crippen LogP contribution in [0.5, 0.6) is 0 Å². The molecule has 1 unspecified atom stereocenters. The van der Waals surface area contributed by atoms with Crippen molar-refractivity contribution in [3.63, 3.8) is 0 Å². The molecule has 2 N–H and O–H groups in total. The van der Waals surface area contributed by atoms with E-state index in [4.69, 9.17) is 5.73 Å². The summed E-state index contributed by atoms with van der Waals surface area (Å²) in [6, 6.07) is 5.29. The van der Waals surface area contributed by atoms with Gasteiger partial charge in [0.2, 0.25) is 0 Å². The molecule has 0 radical (unpaired) electrons. The van der Waals surface area contributed by atoms with Gasteiger partial charge in [-0.25, -0.2) is 4.39 Å². The molecule has 0 spiro atoms. The third-order valence-electron chi connectivity index (χ3n) is 2.70. The molecule has 0 aromatic heterocycles. The van der Waals surface area contributed by atoms with E-state index in [1.165, 1.54) is 18.9 Å². The highest BCUT2D eigenvalue weighted by Crippen LogP contribution is 2.33. The van der Waals surface area contributed by atoms with Gasteiger partial charge in [0.15, 0.2) is 0 Å². The molecule has 3 heteroatoms. The lowest BCUT2D eigenvalue weighted by Gasteiger charge is -2.10. The summed E-state index contributed by atoms with van der Waals surface area (Å²) >= 11 is 3.23. The first kappa shape index (κ1) is 10.1. The summed E-state index contributed by atoms with van der Waals surface area (Å²) in [5.41, 5.74) is 6.67. The van der Waals surface area contributed by atoms with Gasteiger partial charge in [0, 0.05) is 10.5 Å². The van der Waals surface area contributed by atoms with Crippen molar-refractivity contribution in [1.29, 1.82) is 0 Å². The number of hydrogen-bond donors (Lipinski definition) is 1. The van der Waals surface area contributed by atoms with Crippen LogP contribution in [0.25, 0.3) is 0 Å². The van der Waals surface area contributed by atoms with Crippen LogP contribution in [0.2, 0.25) is 0 Å². The van der Waals surface area contributed by atoms with Crippen LogP contribution in [0.4, 0.5) is 4.39 Å². The van der Waals surface area contributed by atoms with Crippen molar-refractivity contribution in [2.24, 2.45) is 11.7 Å². The van der Waals surface area contributed by atoms with E-state index in [-0.39, 0.29) is 11.9 Å². The fourth-order valence-corrected chi connectivity index (χ4v) is 1.97. The predicted molar refractivity (Wildman–Crippen MR) is 58.5 cm³/mol. The predicted octanol–water partition coefficient (Wildman–Crippen LogP) is 2.87. The van der Waals surface area contributed by atoms with E-state index in [9.17, 15) is 4.39 Å². The van der Waals surface area contributed by atoms with E-state index in [1.54, 1.807) is 0 Å². The molecular formula is C11H13BrFN. The van der Waals surface area contributed by atoms with Crippen molar-refractivity contribution >= 4 is 15.9 Å². The van der Waals surface area contributed by atoms with Gasteiger partial charge in [-0.1, -0.05) is 22.0 Å². The van der Waals surface area contributed by atoms with Gasteiger partial charge in [-0.2, -0.15) is 0 Å². The molecule has 76 valence electrons. The Morgan fingerprint density at radius 2 is 2.21 bits per heavy atom. The molecule has 0 amide bonds. The molecule has 0 aliphatic heterocycles. The minimum Gasteiger partial charge on any atom is -0.327 e. The van der Waals surface area contributed by atoms with E-state index in [1.807, 2.05) is 12.1 Å². The summed E-state index contributed by atoms with van der Waals surface area (Å²) in [5.74, 6) is 0.466. The van der Waals surface area contributed by atoms with E-state index in [0.29, 0.717) is 12.3 Å². The lowest BCUT2D eigenvalue weighted by atomic mass is 10.0. The molecule has 1 aliphatic rings. The second-order valence-electron chi connectivity index (χ2n) is 3.94. The number of benzene rings is 1. The summed E-state index contributed by atoms with van der Waals surface area (Å²) in [6.07, 6.45) is 3.07. The van der Waals surface area contributed by atoms with Gasteiger partial charge in [0.25, 0.3) is 0 Å². The Balaban J connectivity index is 2.07. The number of nitrogens with two attached hydrogens (primary N) is 1. The Hall–Kier alpha value is -0.410. The van der Waals surface area contributed by atoms with Gasteiger partial charge < -0.3 is 5.73 Å². The largest absolute Gasteiger partial charge is 0.327 e. The summed E-state index contributed by atoms with van der Waals surface area (Å²) in [7, 11) is 0. The number of hydrogen-bond acceptors (Lipinski definition) is 1. The van der Waals surface area contributed by atoms with Gasteiger partial charge >= 0.3 is 0 Å². The zero-order valence-corrected chi connectivity index (χ0v) is 9.43. The van der Waals surface area contributed by atoms with Crippen molar-refractivity contribution in [3.8, 4) is 0 Å². The molecule has 1 aromatic carbocycles. The molecular weight excluding hydrogens is 245 g/mol. The third-order valence-corrected chi connectivity index (χ3v) is 3.19. The standard InChI is InChI=1S/C11H13BrFN/c12-9-4-3-8(10(13)6-9)5-11(14)7-1-2-7/h3-4,6-7,11H,1-2,5,14H2. The summed E-state index contributed by atoms with van der Waals surface area (Å²) in [5, 5.41) is 0. The van der Waals surface area contributed by atoms with Crippen LogP contribution in [0.15, 0.2) is 22.7 Å². The Morgan fingerprint density at radius 1 is 1.50 bits per heavy atom. The first-order valence-corrected chi connectivity index (χ1v) is 5.65. The van der Waals surface area contributed by atoms with Crippen molar-refractivity contribution in [1.82, 2.24) is 0 Å². The topological polar surface area (TPSA) is 26.0 Å². The lowest BCUT2D eigenvalue weighted by Crippen LogP contribution is -2.25. The average molecular weight is 258 g/mol. The Kier molecular flexibility index (Phi) is 2.88. The second kappa shape index (κ2) is 3.99. The molecule has 0 bridgehead atoms. The maximum atomic E-state index is 13.4. The quantitative estimate of drug-likeness (QED) is 0.886. The minimum atomic E-state index is -0.157. The Bertz CT molecular complexity index is 336. The highest BCUT2D eigenvalue weighted by molar-refractivity contribution is 9.10. The molecule has 0 heterocycles. The monoisotopic (exact) mass is 257 g/mol. The van der Waals surface area contributed by atoms with Crippen molar-refractivity contribution in [2.45, 2.75) is 25.3 Å². The SMILES string of the molecule is NC(Cc1ccc(Br)cc1F)C1CC1. The average Bonchev–Trinajstić information content (AvgIpc) is 2.92. The Morgan fingerprint density at radius 3 is 2.79 bits per heavy atom. The lowest BCUT2D eigenvalue weighted by molar-refractivity contribution is 0.554. The number of rotatable bonds is 3. The molecule has 1 nitrogen and oxygen atoms in total. The van der Waals surface area contributed by atoms with Crippen LogP contribution in [0.1, 0.15) is 18.4 Å². The van der Waals surface area contributed by atoms with Crippen LogP contribution in [-0.2, 0) is 6.42 Å². The van der Waals surface area contributed by atoms with Crippen LogP contribution in [-0.4, -0.2) is 6.04 Å². The molecule has 1 aromatic rings. The normalized spacial score (nSPS) is 18.2. The van der Waals surface area contributed by atoms with Crippen molar-refractivity contribution in [3.05, 3.63) is 34.1 Å². The summed E-state index contributed by atoms with van der Waals surface area (Å²) in [4.78, 5) is 0. The fraction of sp³-hybridized carbons (Fsp3) is 0.455. The molecule has 0 saturated heterocycles. The first-order valence-electron chi connectivity index (χ1n) is 4.86. The van der Waals surface area contributed by atoms with Gasteiger partial charge in [0.05, 0.1) is 0 Å². The number of halogens is 2. The van der Waals surface area contributed by atoms with E-state index < -0.39 is 0 Å². The second-order valence-corrected chi connectivity index (χ2v) is 4.86. The van der Waals surface area contributed by atoms with E-state index in [0.717, 1.165) is 10.0 Å². The molecule has 1 fully saturated rings. The van der Waals surface area contributed by atoms with Crippen LogP contribution in [0.3, 0.4) is 0 Å².